The van der Waals surface area contributed by atoms with Crippen LogP contribution >= 0.6 is 11.6 Å². The Morgan fingerprint density at radius 1 is 1.13 bits per heavy atom. The fourth-order valence-electron chi connectivity index (χ4n) is 2.12. The van der Waals surface area contributed by atoms with Crippen molar-refractivity contribution < 1.29 is 19.5 Å². The standard InChI is InChI=1S/C16H21ClN2O4/c1-9(2)15(16(22)23)19-14(21)8-13(18-10(3)20)11-4-6-12(17)7-5-11/h4-7,9,13,15H,8H2,1-3H3,(H,18,20)(H,19,21)(H,22,23). The molecule has 0 aliphatic heterocycles. The van der Waals surface area contributed by atoms with E-state index in [1.54, 1.807) is 38.1 Å². The summed E-state index contributed by atoms with van der Waals surface area (Å²) < 4.78 is 0. The van der Waals surface area contributed by atoms with E-state index in [9.17, 15) is 14.4 Å². The van der Waals surface area contributed by atoms with E-state index in [1.165, 1.54) is 6.92 Å². The Labute approximate surface area is 140 Å². The van der Waals surface area contributed by atoms with Crippen molar-refractivity contribution in [1.29, 1.82) is 0 Å². The molecule has 7 heteroatoms. The minimum Gasteiger partial charge on any atom is -0.480 e. The summed E-state index contributed by atoms with van der Waals surface area (Å²) in [4.78, 5) is 34.6. The van der Waals surface area contributed by atoms with Crippen molar-refractivity contribution in [2.45, 2.75) is 39.3 Å². The largest absolute Gasteiger partial charge is 0.480 e. The van der Waals surface area contributed by atoms with Crippen molar-refractivity contribution in [2.75, 3.05) is 0 Å². The molecule has 0 aliphatic rings. The molecule has 0 radical (unpaired) electrons. The molecule has 1 aromatic rings. The number of carboxylic acid groups (broad SMARTS) is 1. The van der Waals surface area contributed by atoms with Crippen molar-refractivity contribution in [3.8, 4) is 0 Å². The zero-order valence-electron chi connectivity index (χ0n) is 13.3. The topological polar surface area (TPSA) is 95.5 Å². The van der Waals surface area contributed by atoms with Gasteiger partial charge >= 0.3 is 5.97 Å². The molecule has 2 unspecified atom stereocenters. The highest BCUT2D eigenvalue weighted by Gasteiger charge is 2.25. The number of amides is 2. The van der Waals surface area contributed by atoms with Gasteiger partial charge in [0.25, 0.3) is 0 Å². The molecule has 0 saturated heterocycles. The van der Waals surface area contributed by atoms with Gasteiger partial charge in [-0.05, 0) is 23.6 Å². The minimum atomic E-state index is -1.09. The number of halogens is 1. The van der Waals surface area contributed by atoms with Crippen molar-refractivity contribution in [2.24, 2.45) is 5.92 Å². The van der Waals surface area contributed by atoms with Crippen molar-refractivity contribution in [3.63, 3.8) is 0 Å². The number of carbonyl (C=O) groups is 3. The summed E-state index contributed by atoms with van der Waals surface area (Å²) in [6, 6.07) is 5.24. The van der Waals surface area contributed by atoms with Gasteiger partial charge < -0.3 is 15.7 Å². The van der Waals surface area contributed by atoms with Gasteiger partial charge in [-0.3, -0.25) is 9.59 Å². The number of hydrogen-bond acceptors (Lipinski definition) is 3. The molecule has 0 bridgehead atoms. The summed E-state index contributed by atoms with van der Waals surface area (Å²) in [5.41, 5.74) is 0.719. The number of hydrogen-bond donors (Lipinski definition) is 3. The van der Waals surface area contributed by atoms with Crippen LogP contribution in [0, 0.1) is 5.92 Å². The van der Waals surface area contributed by atoms with Crippen LogP contribution in [0.2, 0.25) is 5.02 Å². The third-order valence-corrected chi connectivity index (χ3v) is 3.54. The lowest BCUT2D eigenvalue weighted by Gasteiger charge is -2.21. The molecule has 3 N–H and O–H groups in total. The van der Waals surface area contributed by atoms with Gasteiger partial charge in [0.05, 0.1) is 12.5 Å². The van der Waals surface area contributed by atoms with E-state index < -0.39 is 24.0 Å². The first kappa shape index (κ1) is 19.0. The van der Waals surface area contributed by atoms with Crippen LogP contribution in [0.1, 0.15) is 38.8 Å². The summed E-state index contributed by atoms with van der Waals surface area (Å²) in [6.45, 7) is 4.78. The van der Waals surface area contributed by atoms with Crippen LogP contribution in [-0.2, 0) is 14.4 Å². The van der Waals surface area contributed by atoms with Gasteiger partial charge in [-0.15, -0.1) is 0 Å². The maximum Gasteiger partial charge on any atom is 0.326 e. The van der Waals surface area contributed by atoms with Crippen molar-refractivity contribution in [3.05, 3.63) is 34.9 Å². The Morgan fingerprint density at radius 3 is 2.13 bits per heavy atom. The summed E-state index contributed by atoms with van der Waals surface area (Å²) >= 11 is 5.83. The van der Waals surface area contributed by atoms with Crippen LogP contribution in [0.15, 0.2) is 24.3 Å². The second-order valence-electron chi connectivity index (χ2n) is 5.64. The highest BCUT2D eigenvalue weighted by Crippen LogP contribution is 2.19. The van der Waals surface area contributed by atoms with Crippen molar-refractivity contribution in [1.82, 2.24) is 10.6 Å². The summed E-state index contributed by atoms with van der Waals surface area (Å²) in [5.74, 6) is -2.06. The maximum absolute atomic E-state index is 12.1. The highest BCUT2D eigenvalue weighted by atomic mass is 35.5. The van der Waals surface area contributed by atoms with Gasteiger partial charge in [-0.2, -0.15) is 0 Å². The van der Waals surface area contributed by atoms with E-state index in [2.05, 4.69) is 10.6 Å². The lowest BCUT2D eigenvalue weighted by atomic mass is 10.0. The number of aliphatic carboxylic acids is 1. The molecular weight excluding hydrogens is 320 g/mol. The fraction of sp³-hybridized carbons (Fsp3) is 0.438. The van der Waals surface area contributed by atoms with Gasteiger partial charge in [0, 0.05) is 11.9 Å². The smallest absolute Gasteiger partial charge is 0.326 e. The monoisotopic (exact) mass is 340 g/mol. The normalized spacial score (nSPS) is 13.3. The first-order valence-corrected chi connectivity index (χ1v) is 7.63. The Hall–Kier alpha value is -2.08. The quantitative estimate of drug-likeness (QED) is 0.708. The van der Waals surface area contributed by atoms with E-state index >= 15 is 0 Å². The fourth-order valence-corrected chi connectivity index (χ4v) is 2.25. The molecule has 126 valence electrons. The first-order chi connectivity index (χ1) is 10.7. The summed E-state index contributed by atoms with van der Waals surface area (Å²) in [7, 11) is 0. The average molecular weight is 341 g/mol. The maximum atomic E-state index is 12.1. The minimum absolute atomic E-state index is 0.0578. The lowest BCUT2D eigenvalue weighted by molar-refractivity contribution is -0.143. The number of rotatable bonds is 7. The second-order valence-corrected chi connectivity index (χ2v) is 6.07. The van der Waals surface area contributed by atoms with Crippen LogP contribution in [0.25, 0.3) is 0 Å². The SMILES string of the molecule is CC(=O)NC(CC(=O)NC(C(=O)O)C(C)C)c1ccc(Cl)cc1. The van der Waals surface area contributed by atoms with Gasteiger partial charge in [0.2, 0.25) is 11.8 Å². The lowest BCUT2D eigenvalue weighted by Crippen LogP contribution is -2.45. The number of carboxylic acids is 1. The zero-order chi connectivity index (χ0) is 17.6. The predicted molar refractivity (Wildman–Crippen MR) is 87.0 cm³/mol. The molecule has 1 rings (SSSR count). The molecule has 1 aromatic carbocycles. The number of nitrogens with one attached hydrogen (secondary N) is 2. The number of benzene rings is 1. The van der Waals surface area contributed by atoms with E-state index in [0.717, 1.165) is 5.56 Å². The zero-order valence-corrected chi connectivity index (χ0v) is 14.1. The second kappa shape index (κ2) is 8.53. The Bertz CT molecular complexity index is 572. The van der Waals surface area contributed by atoms with E-state index in [0.29, 0.717) is 5.02 Å². The molecule has 2 amide bonds. The van der Waals surface area contributed by atoms with Crippen LogP contribution in [0.4, 0.5) is 0 Å². The predicted octanol–water partition coefficient (Wildman–Crippen LogP) is 2.13. The molecule has 0 fully saturated rings. The molecule has 0 aromatic heterocycles. The summed E-state index contributed by atoms with van der Waals surface area (Å²) in [5, 5.41) is 14.8. The molecular formula is C16H21ClN2O4. The van der Waals surface area contributed by atoms with Crippen LogP contribution in [-0.4, -0.2) is 28.9 Å². The van der Waals surface area contributed by atoms with Crippen molar-refractivity contribution >= 4 is 29.4 Å². The van der Waals surface area contributed by atoms with Gasteiger partial charge in [0.1, 0.15) is 6.04 Å². The third-order valence-electron chi connectivity index (χ3n) is 3.29. The van der Waals surface area contributed by atoms with E-state index in [-0.39, 0.29) is 18.2 Å². The van der Waals surface area contributed by atoms with Crippen LogP contribution < -0.4 is 10.6 Å². The van der Waals surface area contributed by atoms with Crippen LogP contribution in [0.3, 0.4) is 0 Å². The molecule has 23 heavy (non-hydrogen) atoms. The third kappa shape index (κ3) is 6.28. The molecule has 0 spiro atoms. The Balaban J connectivity index is 2.84. The molecule has 0 aliphatic carbocycles. The molecule has 2 atom stereocenters. The van der Waals surface area contributed by atoms with Crippen LogP contribution in [0.5, 0.6) is 0 Å². The molecule has 0 heterocycles. The van der Waals surface area contributed by atoms with Gasteiger partial charge in [0.15, 0.2) is 0 Å². The molecule has 6 nitrogen and oxygen atoms in total. The molecule has 0 saturated carbocycles. The van der Waals surface area contributed by atoms with Gasteiger partial charge in [-0.25, -0.2) is 4.79 Å². The van der Waals surface area contributed by atoms with Gasteiger partial charge in [-0.1, -0.05) is 37.6 Å². The summed E-state index contributed by atoms with van der Waals surface area (Å²) in [6.07, 6.45) is -0.0578. The first-order valence-electron chi connectivity index (χ1n) is 7.25. The number of carbonyl (C=O) groups excluding carboxylic acids is 2. The van der Waals surface area contributed by atoms with E-state index in [1.807, 2.05) is 0 Å². The van der Waals surface area contributed by atoms with E-state index in [4.69, 9.17) is 16.7 Å². The Morgan fingerprint density at radius 2 is 1.70 bits per heavy atom. The Kier molecular flexibility index (Phi) is 7.03. The average Bonchev–Trinajstić information content (AvgIpc) is 2.43. The highest BCUT2D eigenvalue weighted by molar-refractivity contribution is 6.30.